The van der Waals surface area contributed by atoms with Crippen LogP contribution in [0.1, 0.15) is 29.7 Å². The van der Waals surface area contributed by atoms with E-state index in [0.717, 1.165) is 27.5 Å². The average Bonchev–Trinajstić information content (AvgIpc) is 2.45. The van der Waals surface area contributed by atoms with Crippen LogP contribution in [0.3, 0.4) is 0 Å². The lowest BCUT2D eigenvalue weighted by atomic mass is 9.98. The molecule has 2 rings (SSSR count). The van der Waals surface area contributed by atoms with Crippen LogP contribution in [0.25, 0.3) is 0 Å². The molecule has 0 radical (unpaired) electrons. The molecule has 0 saturated carbocycles. The van der Waals surface area contributed by atoms with Crippen molar-refractivity contribution in [2.45, 2.75) is 19.9 Å². The number of hydrogen-bond acceptors (Lipinski definition) is 3. The highest BCUT2D eigenvalue weighted by Crippen LogP contribution is 2.31. The molecule has 106 valence electrons. The van der Waals surface area contributed by atoms with Gasteiger partial charge in [-0.3, -0.25) is 4.98 Å². The minimum absolute atomic E-state index is 0.00435. The third kappa shape index (κ3) is 3.11. The number of benzene rings is 1. The number of halogens is 1. The standard InChI is InChI=1S/C16H19ClN2O/c1-4-20-13-8-12(9-19-10-13)16(18-3)14-7-5-6-11(2)15(14)17/h5-10,16,18H,4H2,1-3H3. The van der Waals surface area contributed by atoms with Gasteiger partial charge < -0.3 is 10.1 Å². The molecule has 1 aromatic carbocycles. The molecule has 0 aliphatic rings. The van der Waals surface area contributed by atoms with Crippen molar-refractivity contribution in [1.29, 1.82) is 0 Å². The van der Waals surface area contributed by atoms with Crippen LogP contribution in [0.4, 0.5) is 0 Å². The van der Waals surface area contributed by atoms with Gasteiger partial charge in [-0.25, -0.2) is 0 Å². The Morgan fingerprint density at radius 3 is 2.85 bits per heavy atom. The van der Waals surface area contributed by atoms with E-state index < -0.39 is 0 Å². The van der Waals surface area contributed by atoms with Crippen molar-refractivity contribution >= 4 is 11.6 Å². The second-order valence-electron chi connectivity index (χ2n) is 4.59. The predicted octanol–water partition coefficient (Wildman–Crippen LogP) is 3.75. The third-order valence-electron chi connectivity index (χ3n) is 3.20. The van der Waals surface area contributed by atoms with E-state index in [4.69, 9.17) is 16.3 Å². The Morgan fingerprint density at radius 2 is 2.15 bits per heavy atom. The molecular formula is C16H19ClN2O. The fourth-order valence-electron chi connectivity index (χ4n) is 2.23. The first-order valence-electron chi connectivity index (χ1n) is 6.67. The first-order chi connectivity index (χ1) is 9.67. The van der Waals surface area contributed by atoms with E-state index in [-0.39, 0.29) is 6.04 Å². The first-order valence-corrected chi connectivity index (χ1v) is 7.05. The summed E-state index contributed by atoms with van der Waals surface area (Å²) in [6.07, 6.45) is 3.56. The van der Waals surface area contributed by atoms with Gasteiger partial charge in [0.15, 0.2) is 0 Å². The lowest BCUT2D eigenvalue weighted by molar-refractivity contribution is 0.338. The Bertz CT molecular complexity index is 586. The Hall–Kier alpha value is -1.58. The van der Waals surface area contributed by atoms with Gasteiger partial charge in [0.1, 0.15) is 5.75 Å². The van der Waals surface area contributed by atoms with E-state index >= 15 is 0 Å². The summed E-state index contributed by atoms with van der Waals surface area (Å²) in [5, 5.41) is 4.08. The number of hydrogen-bond donors (Lipinski definition) is 1. The highest BCUT2D eigenvalue weighted by Gasteiger charge is 2.17. The Kier molecular flexibility index (Phi) is 4.99. The van der Waals surface area contributed by atoms with Crippen molar-refractivity contribution in [3.8, 4) is 5.75 Å². The highest BCUT2D eigenvalue weighted by atomic mass is 35.5. The molecule has 0 fully saturated rings. The number of rotatable bonds is 5. The van der Waals surface area contributed by atoms with Crippen molar-refractivity contribution in [2.24, 2.45) is 0 Å². The largest absolute Gasteiger partial charge is 0.492 e. The molecule has 0 aliphatic carbocycles. The lowest BCUT2D eigenvalue weighted by Gasteiger charge is -2.19. The van der Waals surface area contributed by atoms with Crippen LogP contribution in [0.15, 0.2) is 36.7 Å². The van der Waals surface area contributed by atoms with Gasteiger partial charge in [0.2, 0.25) is 0 Å². The van der Waals surface area contributed by atoms with E-state index in [1.807, 2.05) is 51.4 Å². The Labute approximate surface area is 124 Å². The summed E-state index contributed by atoms with van der Waals surface area (Å²) in [6.45, 7) is 4.59. The monoisotopic (exact) mass is 290 g/mol. The summed E-state index contributed by atoms with van der Waals surface area (Å²) in [5.41, 5.74) is 3.15. The quantitative estimate of drug-likeness (QED) is 0.910. The highest BCUT2D eigenvalue weighted by molar-refractivity contribution is 6.32. The average molecular weight is 291 g/mol. The Morgan fingerprint density at radius 1 is 1.35 bits per heavy atom. The summed E-state index contributed by atoms with van der Waals surface area (Å²) in [5.74, 6) is 0.772. The molecular weight excluding hydrogens is 272 g/mol. The zero-order valence-corrected chi connectivity index (χ0v) is 12.7. The molecule has 2 aromatic rings. The predicted molar refractivity (Wildman–Crippen MR) is 82.5 cm³/mol. The second kappa shape index (κ2) is 6.73. The summed E-state index contributed by atoms with van der Waals surface area (Å²) < 4.78 is 5.51. The van der Waals surface area contributed by atoms with E-state index in [1.165, 1.54) is 0 Å². The van der Waals surface area contributed by atoms with E-state index in [9.17, 15) is 0 Å². The second-order valence-corrected chi connectivity index (χ2v) is 4.96. The summed E-state index contributed by atoms with van der Waals surface area (Å²) in [4.78, 5) is 4.24. The smallest absolute Gasteiger partial charge is 0.137 e. The van der Waals surface area contributed by atoms with E-state index in [1.54, 1.807) is 6.20 Å². The first kappa shape index (κ1) is 14.8. The van der Waals surface area contributed by atoms with Crippen LogP contribution in [-0.2, 0) is 0 Å². The molecule has 0 amide bonds. The molecule has 0 saturated heterocycles. The zero-order chi connectivity index (χ0) is 14.5. The number of pyridine rings is 1. The molecule has 4 heteroatoms. The topological polar surface area (TPSA) is 34.1 Å². The number of nitrogens with one attached hydrogen (secondary N) is 1. The van der Waals surface area contributed by atoms with Crippen LogP contribution < -0.4 is 10.1 Å². The van der Waals surface area contributed by atoms with Crippen molar-refractivity contribution in [1.82, 2.24) is 10.3 Å². The molecule has 3 nitrogen and oxygen atoms in total. The molecule has 20 heavy (non-hydrogen) atoms. The van der Waals surface area contributed by atoms with Crippen molar-refractivity contribution < 1.29 is 4.74 Å². The van der Waals surface area contributed by atoms with E-state index in [2.05, 4.69) is 10.3 Å². The minimum Gasteiger partial charge on any atom is -0.492 e. The van der Waals surface area contributed by atoms with Crippen LogP contribution in [-0.4, -0.2) is 18.6 Å². The molecule has 1 aromatic heterocycles. The molecule has 0 bridgehead atoms. The van der Waals surface area contributed by atoms with Crippen LogP contribution >= 0.6 is 11.6 Å². The van der Waals surface area contributed by atoms with Crippen LogP contribution in [0, 0.1) is 6.92 Å². The zero-order valence-electron chi connectivity index (χ0n) is 12.0. The SMILES string of the molecule is CCOc1cncc(C(NC)c2cccc(C)c2Cl)c1. The maximum Gasteiger partial charge on any atom is 0.137 e. The fourth-order valence-corrected chi connectivity index (χ4v) is 2.47. The molecule has 1 heterocycles. The maximum atomic E-state index is 6.43. The van der Waals surface area contributed by atoms with Gasteiger partial charge in [-0.15, -0.1) is 0 Å². The van der Waals surface area contributed by atoms with Gasteiger partial charge in [0, 0.05) is 11.2 Å². The van der Waals surface area contributed by atoms with Crippen molar-refractivity contribution in [2.75, 3.05) is 13.7 Å². The molecule has 0 spiro atoms. The van der Waals surface area contributed by atoms with Crippen molar-refractivity contribution in [3.63, 3.8) is 0 Å². The summed E-state index contributed by atoms with van der Waals surface area (Å²) in [6, 6.07) is 8.05. The summed E-state index contributed by atoms with van der Waals surface area (Å²) in [7, 11) is 1.91. The van der Waals surface area contributed by atoms with Crippen LogP contribution in [0.2, 0.25) is 5.02 Å². The van der Waals surface area contributed by atoms with Gasteiger partial charge in [0.05, 0.1) is 18.8 Å². The van der Waals surface area contributed by atoms with Crippen LogP contribution in [0.5, 0.6) is 5.75 Å². The van der Waals surface area contributed by atoms with Gasteiger partial charge >= 0.3 is 0 Å². The molecule has 1 N–H and O–H groups in total. The number of aromatic nitrogens is 1. The molecule has 0 aliphatic heterocycles. The number of ether oxygens (including phenoxy) is 1. The van der Waals surface area contributed by atoms with Gasteiger partial charge in [-0.1, -0.05) is 29.8 Å². The Balaban J connectivity index is 2.41. The lowest BCUT2D eigenvalue weighted by Crippen LogP contribution is -2.18. The van der Waals surface area contributed by atoms with Gasteiger partial charge in [0.25, 0.3) is 0 Å². The van der Waals surface area contributed by atoms with Gasteiger partial charge in [-0.2, -0.15) is 0 Å². The van der Waals surface area contributed by atoms with Crippen molar-refractivity contribution in [3.05, 3.63) is 58.4 Å². The maximum absolute atomic E-state index is 6.43. The van der Waals surface area contributed by atoms with E-state index in [0.29, 0.717) is 6.61 Å². The minimum atomic E-state index is -0.00435. The summed E-state index contributed by atoms with van der Waals surface area (Å²) >= 11 is 6.43. The number of aryl methyl sites for hydroxylation is 1. The van der Waals surface area contributed by atoms with Gasteiger partial charge in [-0.05, 0) is 43.7 Å². The normalized spacial score (nSPS) is 12.2. The molecule has 1 unspecified atom stereocenters. The molecule has 1 atom stereocenters. The number of nitrogens with zero attached hydrogens (tertiary/aromatic N) is 1. The fraction of sp³-hybridized carbons (Fsp3) is 0.312. The third-order valence-corrected chi connectivity index (χ3v) is 3.72.